The van der Waals surface area contributed by atoms with E-state index >= 15 is 0 Å². The van der Waals surface area contributed by atoms with Gasteiger partial charge in [-0.05, 0) is 50.2 Å². The molecule has 1 saturated heterocycles. The molecule has 0 radical (unpaired) electrons. The third kappa shape index (κ3) is 4.93. The van der Waals surface area contributed by atoms with Crippen molar-refractivity contribution >= 4 is 60.7 Å². The molecule has 1 amide bonds. The van der Waals surface area contributed by atoms with E-state index in [9.17, 15) is 13.2 Å². The standard InChI is InChI=1S/C23H21Cl2N3O4S2/c1-4-9-28-21-19(25)10-17(24)11-20(21)33-23(28)26-22(29)16-5-7-18(8-6-16)34(30,31)27-12-14(2)32-15(3)13-27/h1,5-8,10-11,14-15H,9,12-13H2,2-3H3. The monoisotopic (exact) mass is 537 g/mol. The van der Waals surface area contributed by atoms with E-state index in [2.05, 4.69) is 10.9 Å². The predicted octanol–water partition coefficient (Wildman–Crippen LogP) is 4.18. The van der Waals surface area contributed by atoms with Gasteiger partial charge >= 0.3 is 0 Å². The molecule has 2 heterocycles. The molecular weight excluding hydrogens is 517 g/mol. The molecule has 1 aliphatic heterocycles. The van der Waals surface area contributed by atoms with Gasteiger partial charge in [-0.15, -0.1) is 6.42 Å². The van der Waals surface area contributed by atoms with E-state index in [1.165, 1.54) is 39.9 Å². The van der Waals surface area contributed by atoms with Crippen LogP contribution in [-0.2, 0) is 21.3 Å². The molecule has 1 aromatic heterocycles. The Balaban J connectivity index is 1.66. The summed E-state index contributed by atoms with van der Waals surface area (Å²) in [7, 11) is -3.71. The van der Waals surface area contributed by atoms with Crippen LogP contribution in [0.15, 0.2) is 46.3 Å². The van der Waals surface area contributed by atoms with Crippen molar-refractivity contribution in [3.63, 3.8) is 0 Å². The van der Waals surface area contributed by atoms with Crippen molar-refractivity contribution in [2.75, 3.05) is 13.1 Å². The second-order valence-electron chi connectivity index (χ2n) is 7.93. The summed E-state index contributed by atoms with van der Waals surface area (Å²) in [5.41, 5.74) is 0.896. The van der Waals surface area contributed by atoms with Crippen molar-refractivity contribution in [3.8, 4) is 12.3 Å². The highest BCUT2D eigenvalue weighted by atomic mass is 35.5. The molecule has 0 saturated carbocycles. The minimum absolute atomic E-state index is 0.107. The first-order valence-corrected chi connectivity index (χ1v) is 13.4. The summed E-state index contributed by atoms with van der Waals surface area (Å²) in [4.78, 5) is 17.6. The molecule has 11 heteroatoms. The Kier molecular flexibility index (Phi) is 7.20. The van der Waals surface area contributed by atoms with Gasteiger partial charge in [-0.2, -0.15) is 9.30 Å². The van der Waals surface area contributed by atoms with Gasteiger partial charge in [0.15, 0.2) is 4.80 Å². The first kappa shape index (κ1) is 24.9. The number of fused-ring (bicyclic) bond motifs is 1. The molecule has 34 heavy (non-hydrogen) atoms. The SMILES string of the molecule is C#CCn1c(=NC(=O)c2ccc(S(=O)(=O)N3CC(C)OC(C)C3)cc2)sc2cc(Cl)cc(Cl)c21. The first-order chi connectivity index (χ1) is 16.1. The maximum Gasteiger partial charge on any atom is 0.279 e. The van der Waals surface area contributed by atoms with E-state index in [0.717, 1.165) is 4.70 Å². The zero-order valence-electron chi connectivity index (χ0n) is 18.4. The number of nitrogens with zero attached hydrogens (tertiary/aromatic N) is 3. The number of hydrogen-bond donors (Lipinski definition) is 0. The minimum Gasteiger partial charge on any atom is -0.373 e. The maximum absolute atomic E-state index is 13.0. The number of carbonyl (C=O) groups excluding carboxylic acids is 1. The Morgan fingerprint density at radius 2 is 1.85 bits per heavy atom. The molecular formula is C23H21Cl2N3O4S2. The van der Waals surface area contributed by atoms with Crippen LogP contribution in [0, 0.1) is 12.3 Å². The van der Waals surface area contributed by atoms with Crippen molar-refractivity contribution < 1.29 is 17.9 Å². The lowest BCUT2D eigenvalue weighted by Crippen LogP contribution is -2.48. The highest BCUT2D eigenvalue weighted by molar-refractivity contribution is 7.89. The smallest absolute Gasteiger partial charge is 0.279 e. The quantitative estimate of drug-likeness (QED) is 0.467. The van der Waals surface area contributed by atoms with Gasteiger partial charge in [0.2, 0.25) is 10.0 Å². The van der Waals surface area contributed by atoms with E-state index < -0.39 is 15.9 Å². The summed E-state index contributed by atoms with van der Waals surface area (Å²) in [5.74, 6) is 2.01. The number of carbonyl (C=O) groups is 1. The van der Waals surface area contributed by atoms with E-state index in [1.807, 2.05) is 13.8 Å². The number of thiazole rings is 1. The van der Waals surface area contributed by atoms with Gasteiger partial charge in [0, 0.05) is 23.7 Å². The predicted molar refractivity (Wildman–Crippen MR) is 134 cm³/mol. The summed E-state index contributed by atoms with van der Waals surface area (Å²) in [6, 6.07) is 9.08. The second kappa shape index (κ2) is 9.82. The number of hydrogen-bond acceptors (Lipinski definition) is 5. The van der Waals surface area contributed by atoms with E-state index in [1.54, 1.807) is 16.7 Å². The summed E-state index contributed by atoms with van der Waals surface area (Å²) < 4.78 is 35.5. The average Bonchev–Trinajstić information content (AvgIpc) is 3.10. The summed E-state index contributed by atoms with van der Waals surface area (Å²) in [6.07, 6.45) is 5.11. The van der Waals surface area contributed by atoms with Crippen LogP contribution < -0.4 is 4.80 Å². The summed E-state index contributed by atoms with van der Waals surface area (Å²) >= 11 is 13.7. The van der Waals surface area contributed by atoms with Crippen molar-refractivity contribution in [1.29, 1.82) is 0 Å². The van der Waals surface area contributed by atoms with Gasteiger partial charge in [0.25, 0.3) is 5.91 Å². The molecule has 7 nitrogen and oxygen atoms in total. The van der Waals surface area contributed by atoms with Gasteiger partial charge in [-0.1, -0.05) is 40.5 Å². The van der Waals surface area contributed by atoms with Crippen molar-refractivity contribution in [1.82, 2.24) is 8.87 Å². The third-order valence-corrected chi connectivity index (χ3v) is 8.64. The van der Waals surface area contributed by atoms with Crippen LogP contribution in [-0.4, -0.2) is 48.5 Å². The normalized spacial score (nSPS) is 19.9. The Hall–Kier alpha value is -2.19. The fourth-order valence-corrected chi connectivity index (χ4v) is 7.25. The molecule has 1 fully saturated rings. The van der Waals surface area contributed by atoms with Gasteiger partial charge in [-0.25, -0.2) is 8.42 Å². The fraction of sp³-hybridized carbons (Fsp3) is 0.304. The number of rotatable bonds is 4. The number of morpholine rings is 1. The Labute approximate surface area is 211 Å². The van der Waals surface area contributed by atoms with Crippen LogP contribution >= 0.6 is 34.5 Å². The molecule has 3 aromatic rings. The Bertz CT molecular complexity index is 1460. The van der Waals surface area contributed by atoms with Gasteiger partial charge in [0.05, 0.1) is 38.9 Å². The molecule has 0 bridgehead atoms. The summed E-state index contributed by atoms with van der Waals surface area (Å²) in [5, 5.41) is 0.870. The molecule has 0 N–H and O–H groups in total. The summed E-state index contributed by atoms with van der Waals surface area (Å²) in [6.45, 7) is 4.39. The van der Waals surface area contributed by atoms with Crippen LogP contribution in [0.4, 0.5) is 0 Å². The topological polar surface area (TPSA) is 81.0 Å². The van der Waals surface area contributed by atoms with E-state index in [-0.39, 0.29) is 42.3 Å². The molecule has 0 spiro atoms. The lowest BCUT2D eigenvalue weighted by Gasteiger charge is -2.34. The molecule has 2 unspecified atom stereocenters. The van der Waals surface area contributed by atoms with Crippen LogP contribution in [0.25, 0.3) is 10.2 Å². The average molecular weight is 538 g/mol. The largest absolute Gasteiger partial charge is 0.373 e. The number of benzene rings is 2. The lowest BCUT2D eigenvalue weighted by atomic mass is 10.2. The number of halogens is 2. The minimum atomic E-state index is -3.71. The van der Waals surface area contributed by atoms with Gasteiger partial charge in [-0.3, -0.25) is 4.79 Å². The van der Waals surface area contributed by atoms with Crippen LogP contribution in [0.5, 0.6) is 0 Å². The van der Waals surface area contributed by atoms with Crippen molar-refractivity contribution in [3.05, 3.63) is 56.8 Å². The highest BCUT2D eigenvalue weighted by Gasteiger charge is 2.32. The van der Waals surface area contributed by atoms with Crippen molar-refractivity contribution in [2.45, 2.75) is 37.5 Å². The van der Waals surface area contributed by atoms with Crippen LogP contribution in [0.2, 0.25) is 10.0 Å². The number of sulfonamides is 1. The Morgan fingerprint density at radius 1 is 1.21 bits per heavy atom. The molecule has 2 aromatic carbocycles. The number of ether oxygens (including phenoxy) is 1. The van der Waals surface area contributed by atoms with Crippen molar-refractivity contribution in [2.24, 2.45) is 4.99 Å². The van der Waals surface area contributed by atoms with Gasteiger partial charge in [0.1, 0.15) is 0 Å². The molecule has 2 atom stereocenters. The molecule has 0 aliphatic carbocycles. The zero-order chi connectivity index (χ0) is 24.6. The second-order valence-corrected chi connectivity index (χ2v) is 11.7. The molecule has 4 rings (SSSR count). The first-order valence-electron chi connectivity index (χ1n) is 10.4. The van der Waals surface area contributed by atoms with Crippen LogP contribution in [0.1, 0.15) is 24.2 Å². The fourth-order valence-electron chi connectivity index (χ4n) is 3.85. The molecule has 178 valence electrons. The maximum atomic E-state index is 13.0. The third-order valence-electron chi connectivity index (χ3n) is 5.27. The molecule has 1 aliphatic rings. The number of amides is 1. The highest BCUT2D eigenvalue weighted by Crippen LogP contribution is 2.29. The number of aromatic nitrogens is 1. The van der Waals surface area contributed by atoms with Crippen LogP contribution in [0.3, 0.4) is 0 Å². The van der Waals surface area contributed by atoms with Gasteiger partial charge < -0.3 is 9.30 Å². The zero-order valence-corrected chi connectivity index (χ0v) is 21.5. The van der Waals surface area contributed by atoms with E-state index in [4.69, 9.17) is 34.4 Å². The lowest BCUT2D eigenvalue weighted by molar-refractivity contribution is -0.0440. The van der Waals surface area contributed by atoms with E-state index in [0.29, 0.717) is 20.4 Å². The number of terminal acetylenes is 1. The Morgan fingerprint density at radius 3 is 2.47 bits per heavy atom.